The van der Waals surface area contributed by atoms with Crippen molar-refractivity contribution in [3.05, 3.63) is 59.7 Å². The van der Waals surface area contributed by atoms with Crippen molar-refractivity contribution in [1.29, 1.82) is 0 Å². The van der Waals surface area contributed by atoms with Crippen LogP contribution in [0.4, 0.5) is 4.79 Å². The van der Waals surface area contributed by atoms with Gasteiger partial charge in [-0.15, -0.1) is 11.3 Å². The van der Waals surface area contributed by atoms with Gasteiger partial charge in [-0.1, -0.05) is 44.2 Å². The molecule has 2 atom stereocenters. The lowest BCUT2D eigenvalue weighted by molar-refractivity contribution is -0.0348. The third kappa shape index (κ3) is 3.52. The number of rotatable bonds is 3. The minimum atomic E-state index is -0.261. The number of nitrogens with zero attached hydrogens (tertiary/aromatic N) is 1. The number of ether oxygens (including phenoxy) is 1. The highest BCUT2D eigenvalue weighted by Crippen LogP contribution is 2.47. The fourth-order valence-electron chi connectivity index (χ4n) is 5.94. The van der Waals surface area contributed by atoms with E-state index in [1.807, 2.05) is 11.3 Å². The van der Waals surface area contributed by atoms with Crippen LogP contribution in [-0.4, -0.2) is 36.7 Å². The van der Waals surface area contributed by atoms with E-state index in [0.717, 1.165) is 38.9 Å². The summed E-state index contributed by atoms with van der Waals surface area (Å²) in [6.45, 7) is 7.67. The molecule has 7 rings (SSSR count). The molecule has 3 aliphatic heterocycles. The largest absolute Gasteiger partial charge is 0.445 e. The van der Waals surface area contributed by atoms with E-state index in [2.05, 4.69) is 72.6 Å². The van der Waals surface area contributed by atoms with Crippen LogP contribution in [0.25, 0.3) is 20.5 Å². The molecule has 1 unspecified atom stereocenters. The normalized spacial score (nSPS) is 27.9. The lowest BCUT2D eigenvalue weighted by Crippen LogP contribution is -2.53. The predicted octanol–water partition coefficient (Wildman–Crippen LogP) is 6.01. The summed E-state index contributed by atoms with van der Waals surface area (Å²) in [7, 11) is 0. The highest BCUT2D eigenvalue weighted by molar-refractivity contribution is 7.22. The van der Waals surface area contributed by atoms with Gasteiger partial charge in [0.25, 0.3) is 0 Å². The third-order valence-corrected chi connectivity index (χ3v) is 8.87. The maximum atomic E-state index is 12.9. The lowest BCUT2D eigenvalue weighted by Gasteiger charge is -2.44. The number of amides is 1. The molecule has 3 aromatic rings. The van der Waals surface area contributed by atoms with Gasteiger partial charge in [0.15, 0.2) is 0 Å². The molecule has 0 spiro atoms. The number of carbonyl (C=O) groups is 1. The lowest BCUT2D eigenvalue weighted by atomic mass is 9.85. The van der Waals surface area contributed by atoms with Crippen LogP contribution in [0.2, 0.25) is 0 Å². The molecule has 0 saturated carbocycles. The third-order valence-electron chi connectivity index (χ3n) is 7.71. The Labute approximate surface area is 193 Å². The topological polar surface area (TPSA) is 41.6 Å². The average molecular weight is 447 g/mol. The van der Waals surface area contributed by atoms with Crippen LogP contribution in [0.3, 0.4) is 0 Å². The Kier molecular flexibility index (Phi) is 4.81. The van der Waals surface area contributed by atoms with Crippen LogP contribution in [0.15, 0.2) is 48.5 Å². The summed E-state index contributed by atoms with van der Waals surface area (Å²) >= 11 is 1.84. The van der Waals surface area contributed by atoms with Crippen LogP contribution in [0.5, 0.6) is 0 Å². The van der Waals surface area contributed by atoms with E-state index < -0.39 is 0 Å². The Bertz CT molecular complexity index is 1140. The number of benzene rings is 2. The zero-order valence-corrected chi connectivity index (χ0v) is 19.6. The van der Waals surface area contributed by atoms with Crippen LogP contribution in [0, 0.1) is 11.3 Å². The van der Waals surface area contributed by atoms with Crippen molar-refractivity contribution in [2.75, 3.05) is 19.6 Å². The second kappa shape index (κ2) is 7.60. The number of carbonyl (C=O) groups excluding carboxylic acids is 1. The number of nitrogens with one attached hydrogen (secondary N) is 1. The van der Waals surface area contributed by atoms with Gasteiger partial charge in [0.05, 0.1) is 6.04 Å². The van der Waals surface area contributed by atoms with Gasteiger partial charge in [-0.2, -0.15) is 0 Å². The molecule has 1 aliphatic carbocycles. The Morgan fingerprint density at radius 2 is 1.94 bits per heavy atom. The minimum Gasteiger partial charge on any atom is -0.445 e. The number of hydrogen-bond donors (Lipinski definition) is 1. The number of alkyl carbamates (subject to hydrolysis) is 1. The maximum absolute atomic E-state index is 12.9. The zero-order valence-electron chi connectivity index (χ0n) is 18.8. The van der Waals surface area contributed by atoms with E-state index >= 15 is 0 Å². The van der Waals surface area contributed by atoms with E-state index in [0.29, 0.717) is 5.92 Å². The number of fused-ring (bicyclic) bond motifs is 5. The zero-order chi connectivity index (χ0) is 21.9. The van der Waals surface area contributed by atoms with E-state index in [1.54, 1.807) is 0 Å². The molecule has 4 heterocycles. The van der Waals surface area contributed by atoms with Crippen molar-refractivity contribution in [1.82, 2.24) is 10.2 Å². The number of thiophene rings is 1. The molecule has 2 bridgehead atoms. The minimum absolute atomic E-state index is 0.0254. The first-order valence-corrected chi connectivity index (χ1v) is 12.6. The summed E-state index contributed by atoms with van der Waals surface area (Å²) < 4.78 is 7.25. The fourth-order valence-corrected chi connectivity index (χ4v) is 7.00. The van der Waals surface area contributed by atoms with Gasteiger partial charge < -0.3 is 10.1 Å². The standard InChI is InChI=1S/C27H30N2O2S/c1-27(2)15-20-13-19(24-14-18-5-3-4-6-23(18)32-24)7-8-21(20)25(27)28-26(30)31-22-16-29-11-9-17(22)10-12-29/h3-8,13-14,17,22,25H,9-12,15-16H2,1-2H3,(H,28,30)/t22-,25?/m0/s1. The molecule has 5 heteroatoms. The summed E-state index contributed by atoms with van der Waals surface area (Å²) in [6, 6.07) is 17.5. The highest BCUT2D eigenvalue weighted by atomic mass is 32.1. The van der Waals surface area contributed by atoms with Crippen molar-refractivity contribution in [3.63, 3.8) is 0 Å². The Morgan fingerprint density at radius 1 is 1.12 bits per heavy atom. The monoisotopic (exact) mass is 446 g/mol. The quantitative estimate of drug-likeness (QED) is 0.535. The molecular weight excluding hydrogens is 416 g/mol. The smallest absolute Gasteiger partial charge is 0.407 e. The molecule has 3 fully saturated rings. The molecule has 2 aromatic carbocycles. The molecule has 1 aromatic heterocycles. The molecule has 4 aliphatic rings. The summed E-state index contributed by atoms with van der Waals surface area (Å²) in [5.41, 5.74) is 3.77. The van der Waals surface area contributed by atoms with Crippen LogP contribution >= 0.6 is 11.3 Å². The number of hydrogen-bond acceptors (Lipinski definition) is 4. The molecule has 1 amide bonds. The Morgan fingerprint density at radius 3 is 2.69 bits per heavy atom. The van der Waals surface area contributed by atoms with Crippen LogP contribution in [-0.2, 0) is 11.2 Å². The Hall–Kier alpha value is -2.37. The van der Waals surface area contributed by atoms with E-state index in [4.69, 9.17) is 4.74 Å². The van der Waals surface area contributed by atoms with Gasteiger partial charge >= 0.3 is 6.09 Å². The molecule has 1 N–H and O–H groups in total. The summed E-state index contributed by atoms with van der Waals surface area (Å²) in [6.07, 6.45) is 3.03. The van der Waals surface area contributed by atoms with Gasteiger partial charge in [0, 0.05) is 16.1 Å². The van der Waals surface area contributed by atoms with Crippen molar-refractivity contribution in [3.8, 4) is 10.4 Å². The highest BCUT2D eigenvalue weighted by Gasteiger charge is 2.42. The van der Waals surface area contributed by atoms with E-state index in [9.17, 15) is 4.79 Å². The molecule has 166 valence electrons. The first-order chi connectivity index (χ1) is 15.5. The summed E-state index contributed by atoms with van der Waals surface area (Å²) in [5.74, 6) is 0.526. The molecule has 3 saturated heterocycles. The SMILES string of the molecule is CC1(C)Cc2cc(-c3cc4ccccc4s3)ccc2C1NC(=O)O[C@H]1CN2CCC1CC2. The predicted molar refractivity (Wildman–Crippen MR) is 130 cm³/mol. The summed E-state index contributed by atoms with van der Waals surface area (Å²) in [4.78, 5) is 16.6. The van der Waals surface area contributed by atoms with Crippen molar-refractivity contribution in [2.45, 2.75) is 45.3 Å². The maximum Gasteiger partial charge on any atom is 0.407 e. The van der Waals surface area contributed by atoms with Gasteiger partial charge in [-0.25, -0.2) is 4.79 Å². The van der Waals surface area contributed by atoms with Crippen molar-refractivity contribution < 1.29 is 9.53 Å². The van der Waals surface area contributed by atoms with Crippen molar-refractivity contribution in [2.24, 2.45) is 11.3 Å². The van der Waals surface area contributed by atoms with Crippen LogP contribution < -0.4 is 5.32 Å². The molecule has 32 heavy (non-hydrogen) atoms. The van der Waals surface area contributed by atoms with Crippen molar-refractivity contribution >= 4 is 27.5 Å². The summed E-state index contributed by atoms with van der Waals surface area (Å²) in [5, 5.41) is 4.53. The van der Waals surface area contributed by atoms with Gasteiger partial charge in [0.1, 0.15) is 6.10 Å². The van der Waals surface area contributed by atoms with Gasteiger partial charge in [-0.05, 0) is 84.0 Å². The average Bonchev–Trinajstić information content (AvgIpc) is 3.32. The van der Waals surface area contributed by atoms with Gasteiger partial charge in [-0.3, -0.25) is 4.90 Å². The second-order valence-corrected chi connectivity index (χ2v) is 11.5. The molecule has 4 nitrogen and oxygen atoms in total. The number of piperidine rings is 3. The second-order valence-electron chi connectivity index (χ2n) is 10.4. The first-order valence-electron chi connectivity index (χ1n) is 11.8. The van der Waals surface area contributed by atoms with E-state index in [-0.39, 0.29) is 23.7 Å². The van der Waals surface area contributed by atoms with Crippen LogP contribution in [0.1, 0.15) is 43.9 Å². The Balaban J connectivity index is 1.22. The molecule has 0 radical (unpaired) electrons. The fraction of sp³-hybridized carbons (Fsp3) is 0.444. The first kappa shape index (κ1) is 20.3. The molecular formula is C27H30N2O2S. The van der Waals surface area contributed by atoms with E-state index in [1.165, 1.54) is 31.7 Å². The van der Waals surface area contributed by atoms with Gasteiger partial charge in [0.2, 0.25) is 0 Å².